The van der Waals surface area contributed by atoms with Crippen LogP contribution in [0.1, 0.15) is 31.9 Å². The molecule has 1 heterocycles. The summed E-state index contributed by atoms with van der Waals surface area (Å²) in [5.41, 5.74) is 2.08. The highest BCUT2D eigenvalue weighted by atomic mass is 79.9. The van der Waals surface area contributed by atoms with Crippen molar-refractivity contribution in [3.05, 3.63) is 33.9 Å². The first kappa shape index (κ1) is 18.3. The van der Waals surface area contributed by atoms with E-state index in [0.717, 1.165) is 26.5 Å². The van der Waals surface area contributed by atoms with Crippen molar-refractivity contribution < 1.29 is 19.4 Å². The van der Waals surface area contributed by atoms with Crippen molar-refractivity contribution >= 4 is 38.9 Å². The average molecular weight is 397 g/mol. The molecule has 0 saturated heterocycles. The Hall–Kier alpha value is -2.02. The minimum Gasteiger partial charge on any atom is -0.480 e. The number of carbonyl (C=O) groups excluding carboxylic acids is 1. The number of rotatable bonds is 4. The first-order valence-corrected chi connectivity index (χ1v) is 8.35. The predicted molar refractivity (Wildman–Crippen MR) is 95.2 cm³/mol. The van der Waals surface area contributed by atoms with E-state index in [1.165, 1.54) is 0 Å². The molecule has 6 nitrogen and oxygen atoms in total. The molecule has 1 aromatic carbocycles. The van der Waals surface area contributed by atoms with E-state index in [-0.39, 0.29) is 6.42 Å². The molecular formula is C17H21BrN2O4. The Morgan fingerprint density at radius 1 is 1.38 bits per heavy atom. The molecule has 1 aromatic heterocycles. The van der Waals surface area contributed by atoms with E-state index in [4.69, 9.17) is 4.74 Å². The zero-order valence-corrected chi connectivity index (χ0v) is 15.7. The lowest BCUT2D eigenvalue weighted by atomic mass is 10.0. The number of hydrogen-bond donors (Lipinski definition) is 3. The average Bonchev–Trinajstić information content (AvgIpc) is 2.83. The molecule has 0 bridgehead atoms. The molecule has 0 saturated carbocycles. The van der Waals surface area contributed by atoms with E-state index >= 15 is 0 Å². The molecule has 0 radical (unpaired) electrons. The largest absolute Gasteiger partial charge is 0.480 e. The quantitative estimate of drug-likeness (QED) is 0.733. The SMILES string of the molecule is Cc1ccc2[nH]cc(CC(NC(=O)OC(C)(C)C)C(=O)O)c2c1Br. The Morgan fingerprint density at radius 2 is 2.04 bits per heavy atom. The van der Waals surface area contributed by atoms with Crippen LogP contribution in [0, 0.1) is 6.92 Å². The van der Waals surface area contributed by atoms with E-state index in [2.05, 4.69) is 26.2 Å². The molecule has 0 fully saturated rings. The fraction of sp³-hybridized carbons (Fsp3) is 0.412. The van der Waals surface area contributed by atoms with Gasteiger partial charge in [0.15, 0.2) is 0 Å². The van der Waals surface area contributed by atoms with Crippen LogP contribution in [-0.4, -0.2) is 33.8 Å². The molecular weight excluding hydrogens is 376 g/mol. The molecule has 1 atom stereocenters. The number of aromatic amines is 1. The highest BCUT2D eigenvalue weighted by Crippen LogP contribution is 2.30. The highest BCUT2D eigenvalue weighted by Gasteiger charge is 2.25. The first-order chi connectivity index (χ1) is 11.1. The second-order valence-electron chi connectivity index (χ2n) is 6.67. The second-order valence-corrected chi connectivity index (χ2v) is 7.47. The third kappa shape index (κ3) is 4.29. The molecule has 0 aliphatic carbocycles. The molecule has 2 rings (SSSR count). The topological polar surface area (TPSA) is 91.4 Å². The summed E-state index contributed by atoms with van der Waals surface area (Å²) in [5, 5.41) is 12.8. The van der Waals surface area contributed by atoms with Gasteiger partial charge in [-0.3, -0.25) is 0 Å². The van der Waals surface area contributed by atoms with Crippen molar-refractivity contribution in [2.45, 2.75) is 45.8 Å². The standard InChI is InChI=1S/C17H21BrN2O4/c1-9-5-6-11-13(14(9)18)10(8-19-11)7-12(15(21)22)20-16(23)24-17(2,3)4/h5-6,8,12,19H,7H2,1-4H3,(H,20,23)(H,21,22). The number of amides is 1. The molecule has 0 aliphatic rings. The minimum absolute atomic E-state index is 0.149. The van der Waals surface area contributed by atoms with Gasteiger partial charge >= 0.3 is 12.1 Å². The van der Waals surface area contributed by atoms with Crippen molar-refractivity contribution in [1.29, 1.82) is 0 Å². The minimum atomic E-state index is -1.11. The van der Waals surface area contributed by atoms with Gasteiger partial charge in [0.1, 0.15) is 11.6 Å². The summed E-state index contributed by atoms with van der Waals surface area (Å²) in [5.74, 6) is -1.11. The van der Waals surface area contributed by atoms with Crippen molar-refractivity contribution in [1.82, 2.24) is 10.3 Å². The molecule has 130 valence electrons. The molecule has 0 spiro atoms. The first-order valence-electron chi connectivity index (χ1n) is 7.56. The normalized spacial score (nSPS) is 12.9. The van der Waals surface area contributed by atoms with Crippen LogP contribution < -0.4 is 5.32 Å². The van der Waals surface area contributed by atoms with Crippen LogP contribution in [0.3, 0.4) is 0 Å². The molecule has 7 heteroatoms. The number of aromatic nitrogens is 1. The lowest BCUT2D eigenvalue weighted by Crippen LogP contribution is -2.44. The van der Waals surface area contributed by atoms with Gasteiger partial charge in [0, 0.05) is 28.0 Å². The third-order valence-electron chi connectivity index (χ3n) is 3.47. The van der Waals surface area contributed by atoms with E-state index in [9.17, 15) is 14.7 Å². The monoisotopic (exact) mass is 396 g/mol. The summed E-state index contributed by atoms with van der Waals surface area (Å²) in [6.45, 7) is 7.14. The number of hydrogen-bond acceptors (Lipinski definition) is 3. The molecule has 1 unspecified atom stereocenters. The van der Waals surface area contributed by atoms with Gasteiger partial charge in [-0.2, -0.15) is 0 Å². The third-order valence-corrected chi connectivity index (χ3v) is 4.49. The number of carbonyl (C=O) groups is 2. The van der Waals surface area contributed by atoms with Crippen molar-refractivity contribution in [2.75, 3.05) is 0 Å². The van der Waals surface area contributed by atoms with Gasteiger partial charge in [-0.25, -0.2) is 9.59 Å². The maximum absolute atomic E-state index is 11.9. The number of alkyl carbamates (subject to hydrolysis) is 1. The summed E-state index contributed by atoms with van der Waals surface area (Å²) in [4.78, 5) is 26.5. The van der Waals surface area contributed by atoms with Gasteiger partial charge in [0.2, 0.25) is 0 Å². The van der Waals surface area contributed by atoms with Gasteiger partial charge in [0.25, 0.3) is 0 Å². The summed E-state index contributed by atoms with van der Waals surface area (Å²) in [6.07, 6.45) is 1.17. The molecule has 0 aliphatic heterocycles. The Bertz CT molecular complexity index is 777. The lowest BCUT2D eigenvalue weighted by molar-refractivity contribution is -0.139. The number of ether oxygens (including phenoxy) is 1. The lowest BCUT2D eigenvalue weighted by Gasteiger charge is -2.22. The fourth-order valence-corrected chi connectivity index (χ4v) is 2.98. The van der Waals surface area contributed by atoms with E-state index in [1.54, 1.807) is 27.0 Å². The van der Waals surface area contributed by atoms with Crippen LogP contribution in [0.4, 0.5) is 4.79 Å². The van der Waals surface area contributed by atoms with Crippen molar-refractivity contribution in [3.8, 4) is 0 Å². The number of carboxylic acid groups (broad SMARTS) is 1. The number of aryl methyl sites for hydroxylation is 1. The molecule has 1 amide bonds. The summed E-state index contributed by atoms with van der Waals surface area (Å²) in [6, 6.07) is 2.84. The van der Waals surface area contributed by atoms with Gasteiger partial charge in [-0.15, -0.1) is 0 Å². The van der Waals surface area contributed by atoms with Gasteiger partial charge < -0.3 is 20.1 Å². The molecule has 3 N–H and O–H groups in total. The number of carboxylic acids is 1. The summed E-state index contributed by atoms with van der Waals surface area (Å²) >= 11 is 3.55. The number of fused-ring (bicyclic) bond motifs is 1. The maximum atomic E-state index is 11.9. The summed E-state index contributed by atoms with van der Waals surface area (Å²) < 4.78 is 6.05. The van der Waals surface area contributed by atoms with Crippen LogP contribution in [0.5, 0.6) is 0 Å². The van der Waals surface area contributed by atoms with E-state index in [1.807, 2.05) is 19.1 Å². The number of benzene rings is 1. The Morgan fingerprint density at radius 3 is 2.62 bits per heavy atom. The zero-order valence-electron chi connectivity index (χ0n) is 14.1. The van der Waals surface area contributed by atoms with Gasteiger partial charge in [0.05, 0.1) is 0 Å². The Kier molecular flexibility index (Phi) is 5.22. The summed E-state index contributed by atoms with van der Waals surface area (Å²) in [7, 11) is 0. The Balaban J connectivity index is 2.24. The highest BCUT2D eigenvalue weighted by molar-refractivity contribution is 9.10. The van der Waals surface area contributed by atoms with Crippen LogP contribution in [0.15, 0.2) is 22.8 Å². The van der Waals surface area contributed by atoms with Crippen LogP contribution in [-0.2, 0) is 16.0 Å². The number of H-pyrrole nitrogens is 1. The van der Waals surface area contributed by atoms with Gasteiger partial charge in [-0.1, -0.05) is 6.07 Å². The fourth-order valence-electron chi connectivity index (χ4n) is 2.38. The maximum Gasteiger partial charge on any atom is 0.408 e. The van der Waals surface area contributed by atoms with Crippen LogP contribution in [0.2, 0.25) is 0 Å². The Labute approximate surface area is 148 Å². The van der Waals surface area contributed by atoms with Crippen LogP contribution in [0.25, 0.3) is 10.9 Å². The zero-order chi connectivity index (χ0) is 18.1. The number of nitrogens with one attached hydrogen (secondary N) is 2. The molecule has 2 aromatic rings. The molecule has 24 heavy (non-hydrogen) atoms. The predicted octanol–water partition coefficient (Wildman–Crippen LogP) is 3.76. The number of halogens is 1. The second kappa shape index (κ2) is 6.84. The smallest absolute Gasteiger partial charge is 0.408 e. The van der Waals surface area contributed by atoms with E-state index in [0.29, 0.717) is 0 Å². The van der Waals surface area contributed by atoms with Crippen LogP contribution >= 0.6 is 15.9 Å². The van der Waals surface area contributed by atoms with Gasteiger partial charge in [-0.05, 0) is 60.8 Å². The number of aliphatic carboxylic acids is 1. The van der Waals surface area contributed by atoms with Crippen molar-refractivity contribution in [2.24, 2.45) is 0 Å². The van der Waals surface area contributed by atoms with E-state index < -0.39 is 23.7 Å². The van der Waals surface area contributed by atoms with Crippen molar-refractivity contribution in [3.63, 3.8) is 0 Å².